The number of nitrogens with one attached hydrogen (secondary N) is 1. The molecule has 13 heteroatoms. The molecule has 6 aromatic carbocycles. The van der Waals surface area contributed by atoms with Crippen LogP contribution in [0, 0.1) is 24.6 Å². The summed E-state index contributed by atoms with van der Waals surface area (Å²) in [6, 6.07) is 44.4. The monoisotopic (exact) mass is 908 g/mol. The molecule has 3 aliphatic heterocycles. The quantitative estimate of drug-likeness (QED) is 0.0884. The van der Waals surface area contributed by atoms with E-state index >= 15 is 0 Å². The summed E-state index contributed by atoms with van der Waals surface area (Å²) in [6.45, 7) is 14.6. The number of benzene rings is 6. The lowest BCUT2D eigenvalue weighted by molar-refractivity contribution is -0.205. The maximum absolute atomic E-state index is 9.33. The highest BCUT2D eigenvalue weighted by atomic mass is 35.5. The van der Waals surface area contributed by atoms with Crippen LogP contribution in [0.3, 0.4) is 0 Å². The molecule has 0 saturated carbocycles. The molecule has 6 aromatic rings. The lowest BCUT2D eigenvalue weighted by Crippen LogP contribution is -2.51. The van der Waals surface area contributed by atoms with Crippen LogP contribution in [0.4, 0.5) is 11.4 Å². The number of fused-ring (bicyclic) bond motifs is 5. The Morgan fingerprint density at radius 1 is 0.716 bits per heavy atom. The van der Waals surface area contributed by atoms with E-state index in [1.54, 1.807) is 23.7 Å². The third-order valence-corrected chi connectivity index (χ3v) is 13.1. The molecule has 0 fully saturated rings. The molecule has 0 saturated heterocycles. The average molecular weight is 909 g/mol. The van der Waals surface area contributed by atoms with Crippen LogP contribution in [0.2, 0.25) is 0 Å². The first-order valence-corrected chi connectivity index (χ1v) is 21.9. The molecule has 336 valence electrons. The van der Waals surface area contributed by atoms with Gasteiger partial charge in [0.05, 0.1) is 24.4 Å². The number of nitriles is 1. The van der Waals surface area contributed by atoms with Gasteiger partial charge in [-0.2, -0.15) is 10.3 Å². The molecule has 3 heterocycles. The summed E-state index contributed by atoms with van der Waals surface area (Å²) in [4.78, 5) is 22.5. The molecule has 3 atom stereocenters. The topological polar surface area (TPSA) is 146 Å². The van der Waals surface area contributed by atoms with Crippen molar-refractivity contribution in [3.8, 4) is 39.9 Å². The number of aryl methyl sites for hydroxylation is 2. The van der Waals surface area contributed by atoms with Crippen LogP contribution in [0.1, 0.15) is 59.1 Å². The smallest absolute Gasteiger partial charge is 0.222 e. The van der Waals surface area contributed by atoms with Gasteiger partial charge in [0.15, 0.2) is 11.4 Å². The first kappa shape index (κ1) is 46.0. The number of rotatable bonds is 2. The van der Waals surface area contributed by atoms with Crippen molar-refractivity contribution in [2.75, 3.05) is 14.1 Å². The number of nitrogens with two attached hydrogens (primary N) is 1. The van der Waals surface area contributed by atoms with Crippen LogP contribution < -0.4 is 20.7 Å². The van der Waals surface area contributed by atoms with Gasteiger partial charge in [-0.3, -0.25) is 0 Å². The summed E-state index contributed by atoms with van der Waals surface area (Å²) in [5.41, 5.74) is 19.3. The summed E-state index contributed by atoms with van der Waals surface area (Å²) in [5.74, 6) is 1.91. The Balaban J connectivity index is 0.000000170. The summed E-state index contributed by atoms with van der Waals surface area (Å²) in [5, 5.41) is 18.2. The first-order chi connectivity index (χ1) is 32.1. The summed E-state index contributed by atoms with van der Waals surface area (Å²) < 4.78 is 13.3. The van der Waals surface area contributed by atoms with Crippen molar-refractivity contribution in [3.63, 3.8) is 0 Å². The van der Waals surface area contributed by atoms with E-state index < -0.39 is 11.3 Å². The van der Waals surface area contributed by atoms with Crippen LogP contribution in [0.25, 0.3) is 31.9 Å². The predicted molar refractivity (Wildman–Crippen MR) is 262 cm³/mol. The molecule has 0 bridgehead atoms. The molecule has 0 radical (unpaired) electrons. The van der Waals surface area contributed by atoms with Crippen molar-refractivity contribution >= 4 is 35.5 Å². The first-order valence-electron chi connectivity index (χ1n) is 21.9. The van der Waals surface area contributed by atoms with Crippen LogP contribution in [-0.4, -0.2) is 47.2 Å². The average Bonchev–Trinajstić information content (AvgIpc) is 3.63. The zero-order valence-electron chi connectivity index (χ0n) is 37.2. The van der Waals surface area contributed by atoms with E-state index in [2.05, 4.69) is 69.3 Å². The van der Waals surface area contributed by atoms with Crippen LogP contribution >= 0.6 is 12.4 Å². The highest BCUT2D eigenvalue weighted by molar-refractivity contribution is 6.06. The molecule has 0 amide bonds. The van der Waals surface area contributed by atoms with Crippen molar-refractivity contribution in [1.82, 2.24) is 10.5 Å². The van der Waals surface area contributed by atoms with Crippen molar-refractivity contribution in [3.05, 3.63) is 190 Å². The molecule has 11 rings (SSSR count). The maximum atomic E-state index is 9.33. The largest absolute Gasteiger partial charge is 0.486 e. The third kappa shape index (κ3) is 9.20. The number of nitrogens with zero attached hydrogens (tertiary/aromatic N) is 6. The van der Waals surface area contributed by atoms with E-state index in [-0.39, 0.29) is 18.0 Å². The van der Waals surface area contributed by atoms with E-state index in [0.717, 1.165) is 89.1 Å². The Morgan fingerprint density at radius 3 is 1.81 bits per heavy atom. The van der Waals surface area contributed by atoms with Gasteiger partial charge in [0.25, 0.3) is 0 Å². The van der Waals surface area contributed by atoms with Crippen LogP contribution in [-0.2, 0) is 36.2 Å². The third-order valence-electron chi connectivity index (χ3n) is 13.1. The van der Waals surface area contributed by atoms with Crippen molar-refractivity contribution in [2.45, 2.75) is 68.3 Å². The highest BCUT2D eigenvalue weighted by Gasteiger charge is 2.55. The number of ether oxygens (including phenoxy) is 2. The van der Waals surface area contributed by atoms with Crippen molar-refractivity contribution in [1.29, 1.82) is 5.26 Å². The number of hydrogen-bond acceptors (Lipinski definition) is 10. The molecule has 12 nitrogen and oxygen atoms in total. The molecular formula is C54H49ClN8O4. The number of hydroxylamine groups is 3. The van der Waals surface area contributed by atoms with Gasteiger partial charge in [-0.05, 0) is 107 Å². The summed E-state index contributed by atoms with van der Waals surface area (Å²) >= 11 is 0. The van der Waals surface area contributed by atoms with Gasteiger partial charge in [0, 0.05) is 45.3 Å². The zero-order valence-corrected chi connectivity index (χ0v) is 38.0. The SMILES string of the molecule is CNO.Cl.[C-]#[N+]c1cccc(-c2ccc3c(c2)C(=NC#N)CC2(CCc4ccccc4C2)O3)c1.[C-]#[N+]c1cccc(-c2ccc3c(c2)C2(CC4(CCc5ccccc5C4)O3)N=C(N)N(C)O2)c1. The molecule has 5 aliphatic rings. The standard InChI is InChI=1S/C27H24N4O2.C26H19N3O.CH5NO.ClH/c1-29-22-9-5-8-19(14-22)20-10-11-24-23(15-20)27(30-25(28)31(2)33-27)17-26(32-24)13-12-18-6-3-4-7-21(18)16-26;1-28-22-8-4-7-19(13-22)20-9-10-25-23(14-20)24(29-17-27)16-26(30-25)12-11-18-5-2-3-6-21(18)15-26;1-2-3;/h3-11,14-15H,12-13,16-17H2,2H3,(H2,28,30);2-10,13-14H,11-12,15-16H2;2-3H,1H3;1H. The second kappa shape index (κ2) is 19.1. The summed E-state index contributed by atoms with van der Waals surface area (Å²) in [7, 11) is 3.22. The fraction of sp³-hybridized carbons (Fsp3) is 0.241. The van der Waals surface area contributed by atoms with Gasteiger partial charge in [0.2, 0.25) is 17.9 Å². The van der Waals surface area contributed by atoms with Crippen molar-refractivity contribution in [2.24, 2.45) is 15.7 Å². The maximum Gasteiger partial charge on any atom is 0.222 e. The zero-order chi connectivity index (χ0) is 45.9. The minimum Gasteiger partial charge on any atom is -0.486 e. The number of guanidine groups is 1. The van der Waals surface area contributed by atoms with E-state index in [1.807, 2.05) is 79.0 Å². The van der Waals surface area contributed by atoms with E-state index in [9.17, 15) is 5.26 Å². The normalized spacial score (nSPS) is 21.9. The predicted octanol–water partition coefficient (Wildman–Crippen LogP) is 10.9. The molecule has 67 heavy (non-hydrogen) atoms. The summed E-state index contributed by atoms with van der Waals surface area (Å²) in [6.07, 6.45) is 8.54. The Hall–Kier alpha value is -7.50. The molecule has 0 aromatic heterocycles. The van der Waals surface area contributed by atoms with Gasteiger partial charge in [0.1, 0.15) is 22.7 Å². The lowest BCUT2D eigenvalue weighted by Gasteiger charge is -2.47. The van der Waals surface area contributed by atoms with Crippen LogP contribution in [0.5, 0.6) is 11.5 Å². The Kier molecular flexibility index (Phi) is 13.2. The highest BCUT2D eigenvalue weighted by Crippen LogP contribution is 2.53. The van der Waals surface area contributed by atoms with Gasteiger partial charge in [-0.15, -0.1) is 12.4 Å². The van der Waals surface area contributed by atoms with Gasteiger partial charge < -0.3 is 20.4 Å². The number of hydrogen-bond donors (Lipinski definition) is 3. The molecule has 2 aliphatic carbocycles. The molecule has 4 N–H and O–H groups in total. The fourth-order valence-electron chi connectivity index (χ4n) is 10.0. The van der Waals surface area contributed by atoms with Gasteiger partial charge in [-0.25, -0.2) is 30.1 Å². The Bertz CT molecular complexity index is 3040. The number of halogens is 1. The lowest BCUT2D eigenvalue weighted by atomic mass is 9.73. The Morgan fingerprint density at radius 2 is 1.24 bits per heavy atom. The minimum absolute atomic E-state index is 0. The second-order valence-electron chi connectivity index (χ2n) is 17.3. The molecular weight excluding hydrogens is 860 g/mol. The van der Waals surface area contributed by atoms with E-state index in [1.165, 1.54) is 29.3 Å². The fourth-order valence-corrected chi connectivity index (χ4v) is 10.0. The van der Waals surface area contributed by atoms with Gasteiger partial charge >= 0.3 is 0 Å². The molecule has 3 spiro atoms. The Labute approximate surface area is 397 Å². The number of aliphatic imine (C=N–C) groups is 2. The minimum atomic E-state index is -0.938. The molecule has 3 unspecified atom stereocenters. The van der Waals surface area contributed by atoms with E-state index in [4.69, 9.17) is 43.4 Å². The second-order valence-corrected chi connectivity index (χ2v) is 17.3. The van der Waals surface area contributed by atoms with Gasteiger partial charge in [-0.1, -0.05) is 97.1 Å². The van der Waals surface area contributed by atoms with Crippen LogP contribution in [0.15, 0.2) is 143 Å². The van der Waals surface area contributed by atoms with E-state index in [0.29, 0.717) is 30.2 Å². The van der Waals surface area contributed by atoms with Crippen molar-refractivity contribution < 1.29 is 19.5 Å².